The number of phenols is 1. The SMILES string of the molecule is COc1cc2c(cc1OC)C1(C(=O)c3c(ccc(O)c3OC)C1OC)N(C)CC2. The average molecular weight is 399 g/mol. The summed E-state index contributed by atoms with van der Waals surface area (Å²) in [5, 5.41) is 10.3. The number of fused-ring (bicyclic) bond motifs is 3. The number of phenolic OH excluding ortho intramolecular Hbond substituents is 1. The Hall–Kier alpha value is -2.77. The van der Waals surface area contributed by atoms with E-state index in [2.05, 4.69) is 0 Å². The van der Waals surface area contributed by atoms with Crippen molar-refractivity contribution in [3.8, 4) is 23.0 Å². The van der Waals surface area contributed by atoms with E-state index in [9.17, 15) is 9.90 Å². The topological polar surface area (TPSA) is 77.5 Å². The van der Waals surface area contributed by atoms with Crippen LogP contribution in [0.15, 0.2) is 24.3 Å². The number of carbonyl (C=O) groups is 1. The Labute approximate surface area is 169 Å². The van der Waals surface area contributed by atoms with Crippen LogP contribution in [0, 0.1) is 0 Å². The summed E-state index contributed by atoms with van der Waals surface area (Å²) < 4.78 is 22.3. The first kappa shape index (κ1) is 19.5. The van der Waals surface area contributed by atoms with Crippen LogP contribution >= 0.6 is 0 Å². The Morgan fingerprint density at radius 2 is 1.76 bits per heavy atom. The maximum Gasteiger partial charge on any atom is 0.194 e. The lowest BCUT2D eigenvalue weighted by atomic mass is 9.76. The number of benzene rings is 2. The Morgan fingerprint density at radius 1 is 1.07 bits per heavy atom. The molecule has 0 saturated heterocycles. The molecular weight excluding hydrogens is 374 g/mol. The molecule has 2 unspecified atom stereocenters. The summed E-state index contributed by atoms with van der Waals surface area (Å²) >= 11 is 0. The van der Waals surface area contributed by atoms with E-state index in [0.29, 0.717) is 29.2 Å². The minimum absolute atomic E-state index is 0.0718. The van der Waals surface area contributed by atoms with E-state index >= 15 is 0 Å². The van der Waals surface area contributed by atoms with Gasteiger partial charge in [-0.15, -0.1) is 0 Å². The van der Waals surface area contributed by atoms with Crippen LogP contribution in [-0.2, 0) is 16.7 Å². The third-order valence-electron chi connectivity index (χ3n) is 6.18. The normalized spacial score (nSPS) is 23.1. The molecule has 1 N–H and O–H groups in total. The summed E-state index contributed by atoms with van der Waals surface area (Å²) in [6.07, 6.45) is 0.192. The van der Waals surface area contributed by atoms with Crippen LogP contribution < -0.4 is 14.2 Å². The molecule has 7 heteroatoms. The second-order valence-corrected chi connectivity index (χ2v) is 7.33. The Bertz CT molecular complexity index is 988. The molecule has 0 amide bonds. The van der Waals surface area contributed by atoms with E-state index in [1.54, 1.807) is 27.4 Å². The molecule has 1 aliphatic carbocycles. The van der Waals surface area contributed by atoms with Crippen molar-refractivity contribution < 1.29 is 28.8 Å². The largest absolute Gasteiger partial charge is 0.504 e. The van der Waals surface area contributed by atoms with Gasteiger partial charge in [-0.25, -0.2) is 0 Å². The average Bonchev–Trinajstić information content (AvgIpc) is 2.99. The lowest BCUT2D eigenvalue weighted by molar-refractivity contribution is -0.0312. The van der Waals surface area contributed by atoms with E-state index < -0.39 is 11.6 Å². The van der Waals surface area contributed by atoms with Gasteiger partial charge in [0.25, 0.3) is 0 Å². The third-order valence-corrected chi connectivity index (χ3v) is 6.18. The number of Topliss-reactive ketones (excluding diaryl/α,β-unsaturated/α-hetero) is 1. The number of methoxy groups -OCH3 is 4. The molecule has 1 heterocycles. The second-order valence-electron chi connectivity index (χ2n) is 7.33. The van der Waals surface area contributed by atoms with Gasteiger partial charge in [0.1, 0.15) is 11.6 Å². The van der Waals surface area contributed by atoms with Crippen LogP contribution in [-0.4, -0.2) is 57.8 Å². The lowest BCUT2D eigenvalue weighted by Gasteiger charge is -2.46. The number of likely N-dealkylation sites (N-methyl/N-ethyl adjacent to an activating group) is 1. The van der Waals surface area contributed by atoms with Crippen molar-refractivity contribution in [3.05, 3.63) is 46.5 Å². The van der Waals surface area contributed by atoms with E-state index in [-0.39, 0.29) is 17.3 Å². The van der Waals surface area contributed by atoms with Crippen LogP contribution in [0.5, 0.6) is 23.0 Å². The predicted molar refractivity (Wildman–Crippen MR) is 106 cm³/mol. The van der Waals surface area contributed by atoms with E-state index in [1.165, 1.54) is 13.2 Å². The lowest BCUT2D eigenvalue weighted by Crippen LogP contribution is -2.55. The molecule has 0 saturated carbocycles. The maximum atomic E-state index is 14.0. The number of nitrogens with zero attached hydrogens (tertiary/aromatic N) is 1. The Kier molecular flexibility index (Phi) is 4.67. The predicted octanol–water partition coefficient (Wildman–Crippen LogP) is 2.69. The van der Waals surface area contributed by atoms with Crippen molar-refractivity contribution in [3.63, 3.8) is 0 Å². The highest BCUT2D eigenvalue weighted by atomic mass is 16.5. The number of rotatable bonds is 4. The summed E-state index contributed by atoms with van der Waals surface area (Å²) in [6.45, 7) is 0.663. The van der Waals surface area contributed by atoms with Gasteiger partial charge in [-0.05, 0) is 48.4 Å². The van der Waals surface area contributed by atoms with Crippen LogP contribution in [0.25, 0.3) is 0 Å². The minimum Gasteiger partial charge on any atom is -0.504 e. The van der Waals surface area contributed by atoms with Gasteiger partial charge >= 0.3 is 0 Å². The number of ether oxygens (including phenoxy) is 4. The first-order valence-electron chi connectivity index (χ1n) is 9.39. The fourth-order valence-electron chi connectivity index (χ4n) is 4.87. The molecule has 1 spiro atoms. The molecule has 7 nitrogen and oxygen atoms in total. The quantitative estimate of drug-likeness (QED) is 0.847. The number of carbonyl (C=O) groups excluding carboxylic acids is 1. The first-order chi connectivity index (χ1) is 13.9. The third kappa shape index (κ3) is 2.41. The Balaban J connectivity index is 2.05. The monoisotopic (exact) mass is 399 g/mol. The van der Waals surface area contributed by atoms with Gasteiger partial charge in [-0.2, -0.15) is 0 Å². The number of hydrogen-bond donors (Lipinski definition) is 1. The molecule has 2 atom stereocenters. The van der Waals surface area contributed by atoms with Gasteiger partial charge < -0.3 is 24.1 Å². The van der Waals surface area contributed by atoms with Crippen molar-refractivity contribution in [2.45, 2.75) is 18.1 Å². The molecule has 2 aromatic carbocycles. The zero-order valence-corrected chi connectivity index (χ0v) is 17.2. The van der Waals surface area contributed by atoms with Crippen molar-refractivity contribution in [1.29, 1.82) is 0 Å². The second kappa shape index (κ2) is 6.93. The highest BCUT2D eigenvalue weighted by Gasteiger charge is 2.60. The zero-order valence-electron chi connectivity index (χ0n) is 17.2. The van der Waals surface area contributed by atoms with E-state index in [0.717, 1.165) is 17.5 Å². The molecule has 2 aliphatic rings. The first-order valence-corrected chi connectivity index (χ1v) is 9.39. The number of ketones is 1. The fraction of sp³-hybridized carbons (Fsp3) is 0.409. The molecule has 154 valence electrons. The van der Waals surface area contributed by atoms with E-state index in [1.807, 2.05) is 24.1 Å². The van der Waals surface area contributed by atoms with Crippen molar-refractivity contribution in [2.75, 3.05) is 42.0 Å². The summed E-state index contributed by atoms with van der Waals surface area (Å²) in [7, 11) is 8.13. The van der Waals surface area contributed by atoms with Crippen molar-refractivity contribution in [1.82, 2.24) is 4.90 Å². The van der Waals surface area contributed by atoms with Gasteiger partial charge in [-0.1, -0.05) is 6.07 Å². The molecule has 29 heavy (non-hydrogen) atoms. The van der Waals surface area contributed by atoms with Gasteiger partial charge in [0.15, 0.2) is 28.8 Å². The molecular formula is C22H25NO6. The summed E-state index contributed by atoms with van der Waals surface area (Å²) in [5.74, 6) is 1.11. The summed E-state index contributed by atoms with van der Waals surface area (Å²) in [4.78, 5) is 16.0. The summed E-state index contributed by atoms with van der Waals surface area (Å²) in [6, 6.07) is 7.07. The molecule has 4 rings (SSSR count). The standard InChI is InChI=1S/C22H25NO6/c1-23-9-8-12-10-16(26-2)17(27-3)11-14(12)22(23)20(25)18-13(21(22)29-5)6-7-15(24)19(18)28-4/h6-7,10-11,21,24H,8-9H2,1-5H3. The van der Waals surface area contributed by atoms with Crippen molar-refractivity contribution >= 4 is 5.78 Å². The smallest absolute Gasteiger partial charge is 0.194 e. The van der Waals surface area contributed by atoms with Crippen LogP contribution in [0.1, 0.15) is 33.2 Å². The van der Waals surface area contributed by atoms with Gasteiger partial charge in [0.2, 0.25) is 0 Å². The number of aromatic hydroxyl groups is 1. The van der Waals surface area contributed by atoms with E-state index in [4.69, 9.17) is 18.9 Å². The van der Waals surface area contributed by atoms with Crippen LogP contribution in [0.2, 0.25) is 0 Å². The fourth-order valence-corrected chi connectivity index (χ4v) is 4.87. The number of hydrogen-bond acceptors (Lipinski definition) is 7. The molecule has 0 fully saturated rings. The highest BCUT2D eigenvalue weighted by molar-refractivity contribution is 6.11. The summed E-state index contributed by atoms with van der Waals surface area (Å²) in [5.41, 5.74) is 1.78. The Morgan fingerprint density at radius 3 is 2.38 bits per heavy atom. The van der Waals surface area contributed by atoms with Crippen LogP contribution in [0.4, 0.5) is 0 Å². The molecule has 0 radical (unpaired) electrons. The molecule has 0 bridgehead atoms. The van der Waals surface area contributed by atoms with Gasteiger partial charge in [0.05, 0.1) is 26.9 Å². The highest BCUT2D eigenvalue weighted by Crippen LogP contribution is 2.57. The molecule has 1 aliphatic heterocycles. The molecule has 0 aromatic heterocycles. The van der Waals surface area contributed by atoms with Crippen molar-refractivity contribution in [2.24, 2.45) is 0 Å². The van der Waals surface area contributed by atoms with Crippen LogP contribution in [0.3, 0.4) is 0 Å². The minimum atomic E-state index is -1.09. The molecule has 2 aromatic rings. The maximum absolute atomic E-state index is 14.0. The van der Waals surface area contributed by atoms with Gasteiger partial charge in [0, 0.05) is 13.7 Å². The van der Waals surface area contributed by atoms with Gasteiger partial charge in [-0.3, -0.25) is 9.69 Å². The zero-order chi connectivity index (χ0) is 20.9.